The van der Waals surface area contributed by atoms with E-state index in [0.29, 0.717) is 5.52 Å². The van der Waals surface area contributed by atoms with Crippen LogP contribution in [0.15, 0.2) is 58.0 Å². The predicted molar refractivity (Wildman–Crippen MR) is 112 cm³/mol. The predicted octanol–water partition coefficient (Wildman–Crippen LogP) is 5.34. The number of halogens is 5. The smallest absolute Gasteiger partial charge is 0.407 e. The van der Waals surface area contributed by atoms with Gasteiger partial charge in [-0.2, -0.15) is 13.2 Å². The van der Waals surface area contributed by atoms with Gasteiger partial charge in [-0.3, -0.25) is 0 Å². The van der Waals surface area contributed by atoms with Gasteiger partial charge in [0.25, 0.3) is 0 Å². The molecule has 2 aromatic carbocycles. The summed E-state index contributed by atoms with van der Waals surface area (Å²) >= 11 is 11.4. The second kappa shape index (κ2) is 8.17. The maximum Gasteiger partial charge on any atom is 0.425 e. The van der Waals surface area contributed by atoms with Gasteiger partial charge >= 0.3 is 18.0 Å². The topological polar surface area (TPSA) is 102 Å². The molecular weight excluding hydrogens is 474 g/mol. The van der Waals surface area contributed by atoms with Crippen LogP contribution in [-0.4, -0.2) is 20.6 Å². The number of amides is 2. The Morgan fingerprint density at radius 2 is 1.69 bits per heavy atom. The van der Waals surface area contributed by atoms with E-state index in [0.717, 1.165) is 12.1 Å². The summed E-state index contributed by atoms with van der Waals surface area (Å²) in [6, 6.07) is 7.88. The molecule has 8 nitrogen and oxygen atoms in total. The highest BCUT2D eigenvalue weighted by atomic mass is 35.5. The number of carbonyl (C=O) groups is 1. The summed E-state index contributed by atoms with van der Waals surface area (Å²) in [5.41, 5.74) is -0.483. The van der Waals surface area contributed by atoms with Crippen molar-refractivity contribution in [2.45, 2.75) is 6.18 Å². The molecular formula is C19H10Cl2F3N5O3. The van der Waals surface area contributed by atoms with E-state index >= 15 is 0 Å². The molecule has 2 N–H and O–H groups in total. The molecule has 0 bridgehead atoms. The van der Waals surface area contributed by atoms with Crippen LogP contribution in [0.4, 0.5) is 29.3 Å². The van der Waals surface area contributed by atoms with Crippen LogP contribution in [0.2, 0.25) is 10.2 Å². The Labute approximate surface area is 186 Å². The lowest BCUT2D eigenvalue weighted by atomic mass is 10.2. The lowest BCUT2D eigenvalue weighted by Crippen LogP contribution is -2.20. The monoisotopic (exact) mass is 483 g/mol. The van der Waals surface area contributed by atoms with Gasteiger partial charge in [-0.15, -0.1) is 0 Å². The molecule has 0 saturated heterocycles. The summed E-state index contributed by atoms with van der Waals surface area (Å²) in [6.45, 7) is 0. The van der Waals surface area contributed by atoms with Gasteiger partial charge in [0, 0.05) is 23.5 Å². The molecule has 2 aromatic heterocycles. The Balaban J connectivity index is 1.57. The highest BCUT2D eigenvalue weighted by molar-refractivity contribution is 6.31. The summed E-state index contributed by atoms with van der Waals surface area (Å²) in [6.07, 6.45) is -3.49. The molecule has 4 rings (SSSR count). The molecule has 32 heavy (non-hydrogen) atoms. The van der Waals surface area contributed by atoms with Crippen LogP contribution in [0.5, 0.6) is 0 Å². The number of benzene rings is 2. The number of urea groups is 1. The second-order valence-electron chi connectivity index (χ2n) is 6.36. The van der Waals surface area contributed by atoms with Crippen LogP contribution in [0.25, 0.3) is 16.9 Å². The van der Waals surface area contributed by atoms with Gasteiger partial charge < -0.3 is 15.1 Å². The standard InChI is InChI=1S/C19H10Cl2F3N5O3/c20-12-3-1-9(5-11(12)19(22,23)24)27-17(30)28-10-2-4-13-14(6-10)32-18(31)29(13)16-7-15(21)25-8-26-16/h1-8H,(H2,27,28,30). The number of nitrogens with zero attached hydrogens (tertiary/aromatic N) is 3. The molecule has 0 aliphatic heterocycles. The molecule has 13 heteroatoms. The van der Waals surface area contributed by atoms with Crippen LogP contribution in [0.1, 0.15) is 5.56 Å². The highest BCUT2D eigenvalue weighted by Crippen LogP contribution is 2.36. The molecule has 0 spiro atoms. The molecule has 0 aliphatic rings. The zero-order valence-electron chi connectivity index (χ0n) is 15.6. The lowest BCUT2D eigenvalue weighted by Gasteiger charge is -2.12. The maximum absolute atomic E-state index is 13.0. The van der Waals surface area contributed by atoms with E-state index in [-0.39, 0.29) is 27.9 Å². The van der Waals surface area contributed by atoms with Crippen molar-refractivity contribution in [1.29, 1.82) is 0 Å². The molecule has 0 radical (unpaired) electrons. The number of nitrogens with one attached hydrogen (secondary N) is 2. The van der Waals surface area contributed by atoms with Crippen molar-refractivity contribution < 1.29 is 22.4 Å². The van der Waals surface area contributed by atoms with Gasteiger partial charge in [-0.1, -0.05) is 23.2 Å². The lowest BCUT2D eigenvalue weighted by molar-refractivity contribution is -0.137. The molecule has 0 unspecified atom stereocenters. The van der Waals surface area contributed by atoms with Gasteiger partial charge in [-0.25, -0.2) is 24.1 Å². The minimum atomic E-state index is -4.67. The van der Waals surface area contributed by atoms with Gasteiger partial charge in [0.15, 0.2) is 5.58 Å². The molecule has 0 fully saturated rings. The zero-order chi connectivity index (χ0) is 23.0. The Bertz CT molecular complexity index is 1400. The van der Waals surface area contributed by atoms with E-state index in [1.54, 1.807) is 0 Å². The van der Waals surface area contributed by atoms with Crippen LogP contribution < -0.4 is 16.4 Å². The molecule has 4 aromatic rings. The Hall–Kier alpha value is -3.57. The molecule has 2 amide bonds. The number of rotatable bonds is 3. The molecule has 2 heterocycles. The van der Waals surface area contributed by atoms with Crippen molar-refractivity contribution in [3.8, 4) is 5.82 Å². The van der Waals surface area contributed by atoms with E-state index in [1.807, 2.05) is 0 Å². The van der Waals surface area contributed by atoms with Gasteiger partial charge in [0.05, 0.1) is 16.1 Å². The van der Waals surface area contributed by atoms with Gasteiger partial charge in [-0.05, 0) is 30.3 Å². The van der Waals surface area contributed by atoms with E-state index in [1.165, 1.54) is 41.2 Å². The number of hydrogen-bond donors (Lipinski definition) is 2. The number of hydrogen-bond acceptors (Lipinski definition) is 5. The average molecular weight is 484 g/mol. The summed E-state index contributed by atoms with van der Waals surface area (Å²) in [5.74, 6) is -0.548. The maximum atomic E-state index is 13.0. The SMILES string of the molecule is O=C(Nc1ccc(Cl)c(C(F)(F)F)c1)Nc1ccc2c(c1)oc(=O)n2-c1cc(Cl)ncn1. The van der Waals surface area contributed by atoms with Crippen molar-refractivity contribution in [3.63, 3.8) is 0 Å². The molecule has 164 valence electrons. The fourth-order valence-electron chi connectivity index (χ4n) is 2.87. The summed E-state index contributed by atoms with van der Waals surface area (Å²) in [4.78, 5) is 32.2. The highest BCUT2D eigenvalue weighted by Gasteiger charge is 2.33. The zero-order valence-corrected chi connectivity index (χ0v) is 17.1. The third-order valence-corrected chi connectivity index (χ3v) is 4.75. The fraction of sp³-hybridized carbons (Fsp3) is 0.0526. The molecule has 0 aliphatic carbocycles. The first-order valence-corrected chi connectivity index (χ1v) is 9.46. The molecule has 0 atom stereocenters. The first-order chi connectivity index (χ1) is 15.1. The number of fused-ring (bicyclic) bond motifs is 1. The van der Waals surface area contributed by atoms with Crippen molar-refractivity contribution >= 4 is 51.7 Å². The third kappa shape index (κ3) is 4.39. The first kappa shape index (κ1) is 21.7. The van der Waals surface area contributed by atoms with Crippen LogP contribution in [-0.2, 0) is 6.18 Å². The number of oxazole rings is 1. The summed E-state index contributed by atoms with van der Waals surface area (Å²) in [5, 5.41) is 4.38. The fourth-order valence-corrected chi connectivity index (χ4v) is 3.24. The van der Waals surface area contributed by atoms with E-state index < -0.39 is 28.5 Å². The first-order valence-electron chi connectivity index (χ1n) is 8.70. The Morgan fingerprint density at radius 3 is 2.38 bits per heavy atom. The number of aromatic nitrogens is 3. The van der Waals surface area contributed by atoms with E-state index in [9.17, 15) is 22.8 Å². The third-order valence-electron chi connectivity index (χ3n) is 4.22. The minimum Gasteiger partial charge on any atom is -0.407 e. The normalized spacial score (nSPS) is 11.5. The van der Waals surface area contributed by atoms with Crippen LogP contribution >= 0.6 is 23.2 Å². The Morgan fingerprint density at radius 1 is 1.00 bits per heavy atom. The van der Waals surface area contributed by atoms with E-state index in [2.05, 4.69) is 20.6 Å². The number of anilines is 2. The number of carbonyl (C=O) groups excluding carboxylic acids is 1. The Kier molecular flexibility index (Phi) is 5.53. The van der Waals surface area contributed by atoms with Crippen LogP contribution in [0.3, 0.4) is 0 Å². The second-order valence-corrected chi connectivity index (χ2v) is 7.15. The van der Waals surface area contributed by atoms with Crippen LogP contribution in [0, 0.1) is 0 Å². The van der Waals surface area contributed by atoms with Gasteiger partial charge in [0.2, 0.25) is 0 Å². The minimum absolute atomic E-state index is 0.112. The average Bonchev–Trinajstić information content (AvgIpc) is 3.03. The summed E-state index contributed by atoms with van der Waals surface area (Å²) < 4.78 is 45.3. The van der Waals surface area contributed by atoms with Gasteiger partial charge in [0.1, 0.15) is 17.3 Å². The van der Waals surface area contributed by atoms with Crippen molar-refractivity contribution in [1.82, 2.24) is 14.5 Å². The van der Waals surface area contributed by atoms with Crippen molar-refractivity contribution in [2.75, 3.05) is 10.6 Å². The van der Waals surface area contributed by atoms with E-state index in [4.69, 9.17) is 27.6 Å². The largest absolute Gasteiger partial charge is 0.425 e. The molecule has 0 saturated carbocycles. The quantitative estimate of drug-likeness (QED) is 0.382. The summed E-state index contributed by atoms with van der Waals surface area (Å²) in [7, 11) is 0. The van der Waals surface area contributed by atoms with Crippen molar-refractivity contribution in [2.24, 2.45) is 0 Å². The number of alkyl halides is 3. The van der Waals surface area contributed by atoms with Crippen molar-refractivity contribution in [3.05, 3.63) is 75.1 Å².